The van der Waals surface area contributed by atoms with Crippen molar-refractivity contribution in [3.8, 4) is 0 Å². The highest BCUT2D eigenvalue weighted by atomic mass is 28.4. The molecule has 0 aromatic carbocycles. The van der Waals surface area contributed by atoms with E-state index < -0.39 is 17.1 Å². The highest BCUT2D eigenvalue weighted by Crippen LogP contribution is 2.50. The first-order valence-corrected chi connectivity index (χ1v) is 13.9. The van der Waals surface area contributed by atoms with Gasteiger partial charge < -0.3 is 22.4 Å². The Labute approximate surface area is 143 Å². The highest BCUT2D eigenvalue weighted by molar-refractivity contribution is 6.73. The van der Waals surface area contributed by atoms with Crippen molar-refractivity contribution in [3.63, 3.8) is 0 Å². The minimum atomic E-state index is -2.30. The summed E-state index contributed by atoms with van der Waals surface area (Å²) in [6.07, 6.45) is 4.50. The van der Waals surface area contributed by atoms with Gasteiger partial charge in [0.25, 0.3) is 0 Å². The minimum Gasteiger partial charge on any atom is -0.398 e. The summed E-state index contributed by atoms with van der Waals surface area (Å²) in [6.45, 7) is 9.90. The molecule has 0 bridgehead atoms. The van der Waals surface area contributed by atoms with Crippen molar-refractivity contribution >= 4 is 17.1 Å². The number of epoxide rings is 1. The summed E-state index contributed by atoms with van der Waals surface area (Å²) in [5, 5.41) is 0. The molecule has 2 aliphatic rings. The van der Waals surface area contributed by atoms with Gasteiger partial charge in [0.15, 0.2) is 0 Å². The van der Waals surface area contributed by atoms with Crippen molar-refractivity contribution in [1.29, 1.82) is 0 Å². The lowest BCUT2D eigenvalue weighted by atomic mass is 9.87. The van der Waals surface area contributed by atoms with Gasteiger partial charge in [-0.15, -0.1) is 0 Å². The zero-order valence-electron chi connectivity index (χ0n) is 15.6. The van der Waals surface area contributed by atoms with E-state index in [1.54, 1.807) is 14.2 Å². The Bertz CT molecular complexity index is 371. The lowest BCUT2D eigenvalue weighted by Crippen LogP contribution is -2.51. The maximum absolute atomic E-state index is 6.26. The van der Waals surface area contributed by atoms with Gasteiger partial charge in [-0.25, -0.2) is 0 Å². The van der Waals surface area contributed by atoms with E-state index in [0.717, 1.165) is 12.5 Å². The van der Waals surface area contributed by atoms with Gasteiger partial charge in [0.1, 0.15) is 0 Å². The van der Waals surface area contributed by atoms with Crippen LogP contribution in [0, 0.1) is 5.92 Å². The zero-order valence-corrected chi connectivity index (χ0v) is 17.6. The Morgan fingerprint density at radius 3 is 2.09 bits per heavy atom. The second-order valence-corrected chi connectivity index (χ2v) is 13.9. The molecule has 0 aromatic heterocycles. The molecule has 2 rings (SSSR count). The second kappa shape index (κ2) is 8.08. The molecule has 1 heterocycles. The quantitative estimate of drug-likeness (QED) is 0.440. The summed E-state index contributed by atoms with van der Waals surface area (Å²) in [4.78, 5) is 0. The van der Waals surface area contributed by atoms with Crippen LogP contribution in [-0.4, -0.2) is 56.8 Å². The smallest absolute Gasteiger partial charge is 0.338 e. The first kappa shape index (κ1) is 19.6. The second-order valence-electron chi connectivity index (χ2n) is 7.02. The Kier molecular flexibility index (Phi) is 6.87. The van der Waals surface area contributed by atoms with Crippen molar-refractivity contribution in [3.05, 3.63) is 0 Å². The largest absolute Gasteiger partial charge is 0.398 e. The third-order valence-corrected chi connectivity index (χ3v) is 12.7. The molecule has 5 nitrogen and oxygen atoms in total. The van der Waals surface area contributed by atoms with Crippen LogP contribution in [0.15, 0.2) is 0 Å². The van der Waals surface area contributed by atoms with Gasteiger partial charge in [0.05, 0.1) is 12.2 Å². The van der Waals surface area contributed by atoms with Crippen molar-refractivity contribution in [2.24, 2.45) is 5.92 Å². The van der Waals surface area contributed by atoms with Gasteiger partial charge in [0.2, 0.25) is 0 Å². The first-order chi connectivity index (χ1) is 10.9. The predicted octanol–water partition coefficient (Wildman–Crippen LogP) is 3.43. The van der Waals surface area contributed by atoms with E-state index in [0.29, 0.717) is 36.9 Å². The molecule has 1 aliphatic heterocycles. The summed E-state index contributed by atoms with van der Waals surface area (Å²) in [5.74, 6) is 0.589. The molecule has 2 fully saturated rings. The van der Waals surface area contributed by atoms with E-state index in [2.05, 4.69) is 26.9 Å². The molecule has 0 aromatic rings. The minimum absolute atomic E-state index is 0.393. The normalized spacial score (nSPS) is 29.2. The van der Waals surface area contributed by atoms with E-state index >= 15 is 0 Å². The van der Waals surface area contributed by atoms with E-state index in [1.165, 1.54) is 12.8 Å². The molecular weight excluding hydrogens is 328 g/mol. The first-order valence-electron chi connectivity index (χ1n) is 8.95. The van der Waals surface area contributed by atoms with Gasteiger partial charge in [-0.2, -0.15) is 0 Å². The van der Waals surface area contributed by atoms with Crippen molar-refractivity contribution in [2.45, 2.75) is 70.0 Å². The fraction of sp³-hybridized carbons (Fsp3) is 1.00. The van der Waals surface area contributed by atoms with Crippen LogP contribution in [0.2, 0.25) is 24.7 Å². The van der Waals surface area contributed by atoms with Crippen molar-refractivity contribution < 1.29 is 22.4 Å². The number of rotatable bonds is 10. The fourth-order valence-electron chi connectivity index (χ4n) is 4.06. The molecule has 0 radical (unpaired) electrons. The molecular formula is C16H34O5Si2. The van der Waals surface area contributed by atoms with Crippen molar-refractivity contribution in [1.82, 2.24) is 0 Å². The molecule has 7 heteroatoms. The molecule has 0 N–H and O–H groups in total. The van der Waals surface area contributed by atoms with Crippen LogP contribution in [0.4, 0.5) is 0 Å². The average Bonchev–Trinajstić information content (AvgIpc) is 3.31. The number of hydrogen-bond acceptors (Lipinski definition) is 5. The predicted molar refractivity (Wildman–Crippen MR) is 95.1 cm³/mol. The molecule has 1 saturated heterocycles. The third-order valence-electron chi connectivity index (χ3n) is 5.60. The standard InChI is InChI=1S/C16H34O5Si2/c1-7-19-23(6,20-8-2)16(12-22(5,17-3)18-4)13-9-10-14-15(11-13)21-14/h13-16H,7-12H2,1-6H3. The maximum atomic E-state index is 6.26. The van der Waals surface area contributed by atoms with E-state index in [-0.39, 0.29) is 0 Å². The van der Waals surface area contributed by atoms with Crippen molar-refractivity contribution in [2.75, 3.05) is 27.4 Å². The third kappa shape index (κ3) is 4.65. The van der Waals surface area contributed by atoms with Gasteiger partial charge in [-0.1, -0.05) is 0 Å². The van der Waals surface area contributed by atoms with Gasteiger partial charge in [0, 0.05) is 33.0 Å². The average molecular weight is 363 g/mol. The van der Waals surface area contributed by atoms with E-state index in [4.69, 9.17) is 22.4 Å². The summed E-state index contributed by atoms with van der Waals surface area (Å²) in [6, 6.07) is 0.935. The Hall–Kier alpha value is 0.234. The molecule has 23 heavy (non-hydrogen) atoms. The van der Waals surface area contributed by atoms with Gasteiger partial charge >= 0.3 is 17.1 Å². The lowest BCUT2D eigenvalue weighted by Gasteiger charge is -2.42. The summed E-state index contributed by atoms with van der Waals surface area (Å²) in [5.41, 5.74) is 0.393. The van der Waals surface area contributed by atoms with Gasteiger partial charge in [-0.05, 0) is 58.2 Å². The molecule has 1 aliphatic carbocycles. The Balaban J connectivity index is 2.21. The summed E-state index contributed by atoms with van der Waals surface area (Å²) >= 11 is 0. The van der Waals surface area contributed by atoms with Crippen LogP contribution in [0.5, 0.6) is 0 Å². The molecule has 4 unspecified atom stereocenters. The zero-order chi connectivity index (χ0) is 17.1. The monoisotopic (exact) mass is 362 g/mol. The molecule has 4 atom stereocenters. The van der Waals surface area contributed by atoms with Crippen LogP contribution < -0.4 is 0 Å². The maximum Gasteiger partial charge on any atom is 0.338 e. The number of fused-ring (bicyclic) bond motifs is 1. The number of hydrogen-bond donors (Lipinski definition) is 0. The fourth-order valence-corrected chi connectivity index (χ4v) is 11.1. The summed E-state index contributed by atoms with van der Waals surface area (Å²) < 4.78 is 29.9. The topological polar surface area (TPSA) is 49.5 Å². The van der Waals surface area contributed by atoms with E-state index in [9.17, 15) is 0 Å². The highest BCUT2D eigenvalue weighted by Gasteiger charge is 2.54. The SMILES string of the molecule is CCO[Si](C)(OCC)C(C[Si](C)(OC)OC)C1CCC2OC2C1. The lowest BCUT2D eigenvalue weighted by molar-refractivity contribution is 0.159. The molecule has 136 valence electrons. The van der Waals surface area contributed by atoms with Gasteiger partial charge in [-0.3, -0.25) is 0 Å². The Morgan fingerprint density at radius 2 is 1.61 bits per heavy atom. The number of ether oxygens (including phenoxy) is 1. The van der Waals surface area contributed by atoms with E-state index in [1.807, 2.05) is 0 Å². The molecule has 0 spiro atoms. The van der Waals surface area contributed by atoms with Crippen LogP contribution in [-0.2, 0) is 22.4 Å². The molecule has 1 saturated carbocycles. The van der Waals surface area contributed by atoms with Crippen LogP contribution >= 0.6 is 0 Å². The van der Waals surface area contributed by atoms with Crippen LogP contribution in [0.25, 0.3) is 0 Å². The van der Waals surface area contributed by atoms with Crippen LogP contribution in [0.1, 0.15) is 33.1 Å². The van der Waals surface area contributed by atoms with Crippen LogP contribution in [0.3, 0.4) is 0 Å². The molecule has 0 amide bonds. The summed E-state index contributed by atoms with van der Waals surface area (Å²) in [7, 11) is -0.944. The Morgan fingerprint density at radius 1 is 1.00 bits per heavy atom.